The molecule has 5 nitrogen and oxygen atoms in total. The summed E-state index contributed by atoms with van der Waals surface area (Å²) in [6.07, 6.45) is 4.34. The molecule has 0 atom stereocenters. The first-order chi connectivity index (χ1) is 9.26. The van der Waals surface area contributed by atoms with Crippen LogP contribution in [-0.4, -0.2) is 15.2 Å². The van der Waals surface area contributed by atoms with E-state index in [9.17, 15) is 5.26 Å². The van der Waals surface area contributed by atoms with E-state index in [-0.39, 0.29) is 0 Å². The lowest BCUT2D eigenvalue weighted by Gasteiger charge is -2.15. The largest absolute Gasteiger partial charge is 0.416 e. The van der Waals surface area contributed by atoms with E-state index in [0.717, 1.165) is 25.0 Å². The van der Waals surface area contributed by atoms with Crippen LogP contribution >= 0.6 is 11.8 Å². The van der Waals surface area contributed by atoms with Crippen LogP contribution < -0.4 is 0 Å². The molecule has 0 fully saturated rings. The van der Waals surface area contributed by atoms with Gasteiger partial charge >= 0.3 is 0 Å². The summed E-state index contributed by atoms with van der Waals surface area (Å²) >= 11 is 1.26. The first-order valence-electron chi connectivity index (χ1n) is 6.17. The molecule has 96 valence electrons. The number of nitrogens with zero attached hydrogens (tertiary/aromatic N) is 4. The van der Waals surface area contributed by atoms with Gasteiger partial charge in [-0.2, -0.15) is 5.26 Å². The highest BCUT2D eigenvalue weighted by molar-refractivity contribution is 7.99. The SMILES string of the molecule is Cc1nnc(Sc2nc3c(cc2C#N)CCCC3)o1. The summed E-state index contributed by atoms with van der Waals surface area (Å²) in [5.74, 6) is 0.513. The van der Waals surface area contributed by atoms with Crippen molar-refractivity contribution in [2.75, 3.05) is 0 Å². The Kier molecular flexibility index (Phi) is 3.22. The van der Waals surface area contributed by atoms with Crippen molar-refractivity contribution < 1.29 is 4.42 Å². The molecule has 0 N–H and O–H groups in total. The van der Waals surface area contributed by atoms with Crippen LogP contribution in [0.3, 0.4) is 0 Å². The van der Waals surface area contributed by atoms with Gasteiger partial charge in [-0.25, -0.2) is 4.98 Å². The van der Waals surface area contributed by atoms with E-state index in [0.29, 0.717) is 21.7 Å². The zero-order valence-corrected chi connectivity index (χ0v) is 11.3. The van der Waals surface area contributed by atoms with Crippen LogP contribution in [0.4, 0.5) is 0 Å². The van der Waals surface area contributed by atoms with E-state index >= 15 is 0 Å². The molecule has 6 heteroatoms. The predicted octanol–water partition coefficient (Wildman–Crippen LogP) is 2.67. The van der Waals surface area contributed by atoms with E-state index in [2.05, 4.69) is 21.3 Å². The van der Waals surface area contributed by atoms with Gasteiger partial charge in [0.05, 0.1) is 5.56 Å². The van der Waals surface area contributed by atoms with E-state index < -0.39 is 0 Å². The molecule has 1 aliphatic carbocycles. The van der Waals surface area contributed by atoms with Crippen molar-refractivity contribution >= 4 is 11.8 Å². The molecule has 0 spiro atoms. The second-order valence-electron chi connectivity index (χ2n) is 4.45. The fraction of sp³-hybridized carbons (Fsp3) is 0.385. The summed E-state index contributed by atoms with van der Waals surface area (Å²) in [4.78, 5) is 4.60. The van der Waals surface area contributed by atoms with Gasteiger partial charge in [0.25, 0.3) is 5.22 Å². The maximum atomic E-state index is 9.23. The fourth-order valence-electron chi connectivity index (χ4n) is 2.17. The van der Waals surface area contributed by atoms with Crippen molar-refractivity contribution in [1.82, 2.24) is 15.2 Å². The minimum Gasteiger partial charge on any atom is -0.416 e. The molecule has 0 aromatic carbocycles. The third-order valence-electron chi connectivity index (χ3n) is 3.08. The van der Waals surface area contributed by atoms with Gasteiger partial charge in [-0.15, -0.1) is 10.2 Å². The summed E-state index contributed by atoms with van der Waals surface area (Å²) in [6, 6.07) is 4.15. The molecule has 0 saturated carbocycles. The van der Waals surface area contributed by atoms with E-state index in [1.807, 2.05) is 6.07 Å². The van der Waals surface area contributed by atoms with Gasteiger partial charge in [-0.05, 0) is 49.1 Å². The Hall–Kier alpha value is -1.87. The number of hydrogen-bond donors (Lipinski definition) is 0. The Morgan fingerprint density at radius 1 is 1.32 bits per heavy atom. The monoisotopic (exact) mass is 272 g/mol. The molecule has 0 saturated heterocycles. The molecular weight excluding hydrogens is 260 g/mol. The van der Waals surface area contributed by atoms with Gasteiger partial charge in [0, 0.05) is 12.6 Å². The number of nitriles is 1. The van der Waals surface area contributed by atoms with E-state index in [1.54, 1.807) is 6.92 Å². The van der Waals surface area contributed by atoms with Crippen LogP contribution in [0.15, 0.2) is 20.7 Å². The second kappa shape index (κ2) is 5.02. The van der Waals surface area contributed by atoms with Crippen LogP contribution in [0.2, 0.25) is 0 Å². The normalized spacial score (nSPS) is 13.9. The molecule has 2 aromatic rings. The molecule has 0 aliphatic heterocycles. The van der Waals surface area contributed by atoms with Gasteiger partial charge in [0.2, 0.25) is 5.89 Å². The van der Waals surface area contributed by atoms with E-state index in [1.165, 1.54) is 23.7 Å². The van der Waals surface area contributed by atoms with Crippen LogP contribution in [0.1, 0.15) is 35.6 Å². The number of aromatic nitrogens is 3. The van der Waals surface area contributed by atoms with Crippen LogP contribution in [0.5, 0.6) is 0 Å². The minimum atomic E-state index is 0.428. The molecule has 3 rings (SSSR count). The van der Waals surface area contributed by atoms with Crippen LogP contribution in [0.25, 0.3) is 0 Å². The maximum absolute atomic E-state index is 9.23. The molecule has 2 aromatic heterocycles. The van der Waals surface area contributed by atoms with Gasteiger partial charge in [0.1, 0.15) is 11.1 Å². The minimum absolute atomic E-state index is 0.428. The standard InChI is InChI=1S/C13H12N4OS/c1-8-16-17-13(18-8)19-12-10(7-14)6-9-4-2-3-5-11(9)15-12/h6H,2-5H2,1H3. The Balaban J connectivity index is 1.98. The summed E-state index contributed by atoms with van der Waals surface area (Å²) in [6.45, 7) is 1.74. The second-order valence-corrected chi connectivity index (χ2v) is 5.39. The molecule has 2 heterocycles. The first-order valence-corrected chi connectivity index (χ1v) is 6.99. The first kappa shape index (κ1) is 12.2. The summed E-state index contributed by atoms with van der Waals surface area (Å²) < 4.78 is 5.32. The van der Waals surface area contributed by atoms with Crippen molar-refractivity contribution in [3.8, 4) is 6.07 Å². The molecule has 0 bridgehead atoms. The highest BCUT2D eigenvalue weighted by atomic mass is 32.2. The lowest BCUT2D eigenvalue weighted by atomic mass is 9.95. The molecule has 0 radical (unpaired) electrons. The van der Waals surface area contributed by atoms with Crippen molar-refractivity contribution in [3.05, 3.63) is 28.8 Å². The van der Waals surface area contributed by atoms with E-state index in [4.69, 9.17) is 4.42 Å². The Bertz CT molecular complexity index is 659. The van der Waals surface area contributed by atoms with Crippen molar-refractivity contribution in [2.45, 2.75) is 42.9 Å². The fourth-order valence-corrected chi connectivity index (χ4v) is 2.95. The van der Waals surface area contributed by atoms with Crippen molar-refractivity contribution in [2.24, 2.45) is 0 Å². The lowest BCUT2D eigenvalue weighted by molar-refractivity contribution is 0.429. The smallest absolute Gasteiger partial charge is 0.282 e. The molecular formula is C13H12N4OS. The van der Waals surface area contributed by atoms with Crippen LogP contribution in [0, 0.1) is 18.3 Å². The number of hydrogen-bond acceptors (Lipinski definition) is 6. The molecule has 0 amide bonds. The van der Waals surface area contributed by atoms with Gasteiger partial charge in [0.15, 0.2) is 0 Å². The maximum Gasteiger partial charge on any atom is 0.282 e. The average Bonchev–Trinajstić information content (AvgIpc) is 2.83. The summed E-state index contributed by atoms with van der Waals surface area (Å²) in [5, 5.41) is 18.0. The Morgan fingerprint density at radius 3 is 2.89 bits per heavy atom. The van der Waals surface area contributed by atoms with Crippen LogP contribution in [-0.2, 0) is 12.8 Å². The zero-order valence-electron chi connectivity index (χ0n) is 10.5. The lowest BCUT2D eigenvalue weighted by Crippen LogP contribution is -2.07. The summed E-state index contributed by atoms with van der Waals surface area (Å²) in [5.41, 5.74) is 2.89. The number of rotatable bonds is 2. The number of fused-ring (bicyclic) bond motifs is 1. The molecule has 19 heavy (non-hydrogen) atoms. The molecule has 0 unspecified atom stereocenters. The molecule has 1 aliphatic rings. The van der Waals surface area contributed by atoms with Crippen molar-refractivity contribution in [3.63, 3.8) is 0 Å². The quantitative estimate of drug-likeness (QED) is 0.836. The number of aryl methyl sites for hydroxylation is 3. The van der Waals surface area contributed by atoms with Gasteiger partial charge < -0.3 is 4.42 Å². The Labute approximate surface area is 115 Å². The van der Waals surface area contributed by atoms with Gasteiger partial charge in [-0.3, -0.25) is 0 Å². The number of pyridine rings is 1. The third kappa shape index (κ3) is 2.47. The predicted molar refractivity (Wildman–Crippen MR) is 68.8 cm³/mol. The average molecular weight is 272 g/mol. The zero-order chi connectivity index (χ0) is 13.2. The highest BCUT2D eigenvalue weighted by Gasteiger charge is 2.17. The highest BCUT2D eigenvalue weighted by Crippen LogP contribution is 2.31. The summed E-state index contributed by atoms with van der Waals surface area (Å²) in [7, 11) is 0. The topological polar surface area (TPSA) is 75.6 Å². The third-order valence-corrected chi connectivity index (χ3v) is 3.92. The van der Waals surface area contributed by atoms with Crippen molar-refractivity contribution in [1.29, 1.82) is 5.26 Å². The van der Waals surface area contributed by atoms with Gasteiger partial charge in [-0.1, -0.05) is 0 Å². The Morgan fingerprint density at radius 2 is 2.16 bits per heavy atom.